The van der Waals surface area contributed by atoms with Gasteiger partial charge < -0.3 is 19.5 Å². The van der Waals surface area contributed by atoms with Crippen LogP contribution in [-0.2, 0) is 11.2 Å². The number of carbonyl (C=O) groups is 1. The van der Waals surface area contributed by atoms with Crippen molar-refractivity contribution in [2.24, 2.45) is 0 Å². The van der Waals surface area contributed by atoms with Gasteiger partial charge in [-0.25, -0.2) is 0 Å². The van der Waals surface area contributed by atoms with Crippen LogP contribution in [0.5, 0.6) is 17.2 Å². The molecule has 0 spiro atoms. The lowest BCUT2D eigenvalue weighted by Gasteiger charge is -2.15. The van der Waals surface area contributed by atoms with Crippen molar-refractivity contribution in [2.45, 2.75) is 39.7 Å². The van der Waals surface area contributed by atoms with E-state index in [9.17, 15) is 13.6 Å². The highest BCUT2D eigenvalue weighted by Crippen LogP contribution is 2.30. The molecule has 0 bridgehead atoms. The normalized spacial score (nSPS) is 10.9. The number of alkyl halides is 2. The fourth-order valence-corrected chi connectivity index (χ4v) is 2.85. The number of hydrogen-bond acceptors (Lipinski definition) is 4. The lowest BCUT2D eigenvalue weighted by atomic mass is 10.0. The van der Waals surface area contributed by atoms with Crippen LogP contribution in [0.15, 0.2) is 36.4 Å². The highest BCUT2D eigenvalue weighted by atomic mass is 19.3. The number of carbonyl (C=O) groups excluding carboxylic acids is 1. The smallest absolute Gasteiger partial charge is 0.387 e. The quantitative estimate of drug-likeness (QED) is 0.632. The molecule has 7 heteroatoms. The maximum Gasteiger partial charge on any atom is 0.387 e. The molecule has 5 nitrogen and oxygen atoms in total. The van der Waals surface area contributed by atoms with E-state index in [2.05, 4.69) is 23.9 Å². The molecule has 0 aliphatic rings. The highest BCUT2D eigenvalue weighted by Gasteiger charge is 2.12. The number of rotatable bonds is 10. The van der Waals surface area contributed by atoms with Crippen molar-refractivity contribution in [3.05, 3.63) is 53.1 Å². The van der Waals surface area contributed by atoms with Gasteiger partial charge in [0.25, 0.3) is 5.91 Å². The molecule has 0 fully saturated rings. The summed E-state index contributed by atoms with van der Waals surface area (Å²) in [5.74, 6) is 0.937. The summed E-state index contributed by atoms with van der Waals surface area (Å²) >= 11 is 0. The molecule has 1 amide bonds. The van der Waals surface area contributed by atoms with Crippen LogP contribution < -0.4 is 19.5 Å². The molecule has 0 saturated carbocycles. The average Bonchev–Trinajstić information content (AvgIpc) is 2.66. The number of nitrogens with one attached hydrogen (secondary N) is 1. The van der Waals surface area contributed by atoms with Gasteiger partial charge in [0.05, 0.1) is 7.11 Å². The van der Waals surface area contributed by atoms with E-state index in [0.29, 0.717) is 18.7 Å². The van der Waals surface area contributed by atoms with Crippen LogP contribution in [0, 0.1) is 6.92 Å². The van der Waals surface area contributed by atoms with Crippen LogP contribution in [0.4, 0.5) is 8.78 Å². The standard InChI is InChI=1S/C22H27F2NO4/c1-14(2)17-7-5-15(3)11-19(17)28-13-21(26)25-10-9-16-6-8-18(27-4)20(12-16)29-22(23)24/h5-8,11-12,14,22H,9-10,13H2,1-4H3,(H,25,26). The van der Waals surface area contributed by atoms with Crippen LogP contribution in [0.3, 0.4) is 0 Å². The van der Waals surface area contributed by atoms with Crippen LogP contribution >= 0.6 is 0 Å². The Morgan fingerprint density at radius 2 is 1.83 bits per heavy atom. The van der Waals surface area contributed by atoms with Gasteiger partial charge in [0.1, 0.15) is 5.75 Å². The number of aryl methyl sites for hydroxylation is 1. The van der Waals surface area contributed by atoms with Gasteiger partial charge >= 0.3 is 6.61 Å². The van der Waals surface area contributed by atoms with Gasteiger partial charge in [0.15, 0.2) is 18.1 Å². The zero-order valence-electron chi connectivity index (χ0n) is 17.1. The van der Waals surface area contributed by atoms with Crippen molar-refractivity contribution < 1.29 is 27.8 Å². The van der Waals surface area contributed by atoms with E-state index in [4.69, 9.17) is 9.47 Å². The Morgan fingerprint density at radius 3 is 2.48 bits per heavy atom. The summed E-state index contributed by atoms with van der Waals surface area (Å²) in [7, 11) is 1.38. The molecule has 0 atom stereocenters. The first-order valence-electron chi connectivity index (χ1n) is 9.42. The average molecular weight is 407 g/mol. The van der Waals surface area contributed by atoms with Gasteiger partial charge in [0.2, 0.25) is 0 Å². The van der Waals surface area contributed by atoms with Crippen molar-refractivity contribution in [1.29, 1.82) is 0 Å². The Labute approximate surface area is 170 Å². The maximum atomic E-state index is 12.5. The van der Waals surface area contributed by atoms with Crippen molar-refractivity contribution in [3.63, 3.8) is 0 Å². The van der Waals surface area contributed by atoms with E-state index >= 15 is 0 Å². The third-order valence-electron chi connectivity index (χ3n) is 4.33. The summed E-state index contributed by atoms with van der Waals surface area (Å²) in [6.45, 7) is 3.42. The van der Waals surface area contributed by atoms with Crippen molar-refractivity contribution in [3.8, 4) is 17.2 Å². The molecule has 0 heterocycles. The third-order valence-corrected chi connectivity index (χ3v) is 4.33. The lowest BCUT2D eigenvalue weighted by Crippen LogP contribution is -2.30. The molecular formula is C22H27F2NO4. The van der Waals surface area contributed by atoms with Gasteiger partial charge in [0, 0.05) is 6.54 Å². The largest absolute Gasteiger partial charge is 0.493 e. The second kappa shape index (κ2) is 10.6. The second-order valence-corrected chi connectivity index (χ2v) is 6.95. The first-order valence-corrected chi connectivity index (χ1v) is 9.42. The minimum atomic E-state index is -2.94. The zero-order chi connectivity index (χ0) is 21.4. The molecule has 0 aromatic heterocycles. The van der Waals surface area contributed by atoms with Gasteiger partial charge in [-0.05, 0) is 54.2 Å². The van der Waals surface area contributed by atoms with Gasteiger partial charge in [-0.3, -0.25) is 4.79 Å². The van der Waals surface area contributed by atoms with Crippen molar-refractivity contribution >= 4 is 5.91 Å². The Bertz CT molecular complexity index is 824. The minimum Gasteiger partial charge on any atom is -0.493 e. The van der Waals surface area contributed by atoms with Crippen LogP contribution in [0.2, 0.25) is 0 Å². The van der Waals surface area contributed by atoms with Gasteiger partial charge in [-0.1, -0.05) is 32.0 Å². The number of ether oxygens (including phenoxy) is 3. The number of benzene rings is 2. The third kappa shape index (κ3) is 6.93. The molecule has 29 heavy (non-hydrogen) atoms. The molecule has 2 aromatic carbocycles. The highest BCUT2D eigenvalue weighted by molar-refractivity contribution is 5.77. The van der Waals surface area contributed by atoms with E-state index in [0.717, 1.165) is 16.7 Å². The molecule has 2 aromatic rings. The summed E-state index contributed by atoms with van der Waals surface area (Å²) in [5.41, 5.74) is 2.85. The summed E-state index contributed by atoms with van der Waals surface area (Å²) < 4.78 is 40.2. The Morgan fingerprint density at radius 1 is 1.07 bits per heavy atom. The van der Waals surface area contributed by atoms with Crippen LogP contribution in [0.1, 0.15) is 36.5 Å². The second-order valence-electron chi connectivity index (χ2n) is 6.95. The van der Waals surface area contributed by atoms with E-state index in [1.807, 2.05) is 25.1 Å². The summed E-state index contributed by atoms with van der Waals surface area (Å²) in [6.07, 6.45) is 0.455. The lowest BCUT2D eigenvalue weighted by molar-refractivity contribution is -0.123. The fourth-order valence-electron chi connectivity index (χ4n) is 2.85. The zero-order valence-corrected chi connectivity index (χ0v) is 17.1. The summed E-state index contributed by atoms with van der Waals surface area (Å²) in [5, 5.41) is 2.77. The number of amides is 1. The predicted molar refractivity (Wildman–Crippen MR) is 107 cm³/mol. The molecule has 158 valence electrons. The molecule has 0 aliphatic heterocycles. The van der Waals surface area contributed by atoms with Gasteiger partial charge in [-0.15, -0.1) is 0 Å². The summed E-state index contributed by atoms with van der Waals surface area (Å²) in [6, 6.07) is 10.7. The van der Waals surface area contributed by atoms with Gasteiger partial charge in [-0.2, -0.15) is 8.78 Å². The van der Waals surface area contributed by atoms with E-state index < -0.39 is 6.61 Å². The van der Waals surface area contributed by atoms with E-state index in [-0.39, 0.29) is 29.9 Å². The van der Waals surface area contributed by atoms with Crippen LogP contribution in [0.25, 0.3) is 0 Å². The SMILES string of the molecule is COc1ccc(CCNC(=O)COc2cc(C)ccc2C(C)C)cc1OC(F)F. The van der Waals surface area contributed by atoms with E-state index in [1.165, 1.54) is 13.2 Å². The number of hydrogen-bond donors (Lipinski definition) is 1. The maximum absolute atomic E-state index is 12.5. The molecule has 2 rings (SSSR count). The number of halogens is 2. The molecule has 0 saturated heterocycles. The Kier molecular flexibility index (Phi) is 8.24. The predicted octanol–water partition coefficient (Wildman–Crippen LogP) is 4.47. The first kappa shape index (κ1) is 22.5. The summed E-state index contributed by atoms with van der Waals surface area (Å²) in [4.78, 5) is 12.1. The van der Waals surface area contributed by atoms with Crippen molar-refractivity contribution in [2.75, 3.05) is 20.3 Å². The molecule has 0 aliphatic carbocycles. The van der Waals surface area contributed by atoms with E-state index in [1.54, 1.807) is 12.1 Å². The van der Waals surface area contributed by atoms with Crippen LogP contribution in [-0.4, -0.2) is 32.8 Å². The molecular weight excluding hydrogens is 380 g/mol. The first-order chi connectivity index (χ1) is 13.8. The van der Waals surface area contributed by atoms with Crippen molar-refractivity contribution in [1.82, 2.24) is 5.32 Å². The fraction of sp³-hybridized carbons (Fsp3) is 0.409. The topological polar surface area (TPSA) is 56.8 Å². The Balaban J connectivity index is 1.87. The molecule has 0 unspecified atom stereocenters. The minimum absolute atomic E-state index is 0.0321. The monoisotopic (exact) mass is 407 g/mol. The number of methoxy groups -OCH3 is 1. The molecule has 0 radical (unpaired) electrons. The molecule has 1 N–H and O–H groups in total. The Hall–Kier alpha value is -2.83.